The molecule has 1 amide bonds. The molecule has 8 nitrogen and oxygen atoms in total. The molecule has 0 bridgehead atoms. The number of aromatic nitrogens is 5. The van der Waals surface area contributed by atoms with Crippen LogP contribution in [0.4, 0.5) is 5.82 Å². The second kappa shape index (κ2) is 7.46. The number of nitrogens with zero attached hydrogens (tertiary/aromatic N) is 3. The van der Waals surface area contributed by atoms with Crippen molar-refractivity contribution in [3.05, 3.63) is 59.2 Å². The molecule has 0 aliphatic heterocycles. The van der Waals surface area contributed by atoms with E-state index in [0.717, 1.165) is 52.0 Å². The van der Waals surface area contributed by atoms with Crippen LogP contribution in [0.15, 0.2) is 36.7 Å². The van der Waals surface area contributed by atoms with Crippen LogP contribution in [-0.2, 0) is 11.2 Å². The largest absolute Gasteiger partial charge is 0.339 e. The number of Topliss-reactive ketones (excluding diaryl/α,β-unsaturated/α-hetero) is 1. The van der Waals surface area contributed by atoms with Gasteiger partial charge in [0.05, 0.1) is 0 Å². The summed E-state index contributed by atoms with van der Waals surface area (Å²) in [6, 6.07) is 7.68. The summed E-state index contributed by atoms with van der Waals surface area (Å²) in [5.41, 5.74) is 5.59. The topological polar surface area (TPSA) is 116 Å². The fourth-order valence-corrected chi connectivity index (χ4v) is 3.58. The van der Waals surface area contributed by atoms with Gasteiger partial charge in [-0.3, -0.25) is 14.7 Å². The number of carbonyl (C=O) groups is 2. The lowest BCUT2D eigenvalue weighted by Crippen LogP contribution is -2.14. The van der Waals surface area contributed by atoms with Crippen LogP contribution in [0.5, 0.6) is 0 Å². The Hall–Kier alpha value is -3.81. The number of H-pyrrole nitrogens is 2. The molecule has 4 heterocycles. The second-order valence-corrected chi connectivity index (χ2v) is 8.08. The van der Waals surface area contributed by atoms with E-state index >= 15 is 0 Å². The van der Waals surface area contributed by atoms with Crippen LogP contribution in [0.1, 0.15) is 40.2 Å². The van der Waals surface area contributed by atoms with E-state index in [9.17, 15) is 9.59 Å². The summed E-state index contributed by atoms with van der Waals surface area (Å²) in [5.74, 6) is 0.651. The van der Waals surface area contributed by atoms with Crippen LogP contribution in [0.2, 0.25) is 0 Å². The number of aromatic amines is 2. The highest BCUT2D eigenvalue weighted by molar-refractivity contribution is 5.97. The normalized spacial score (nSPS) is 13.5. The van der Waals surface area contributed by atoms with Crippen molar-refractivity contribution < 1.29 is 9.59 Å². The van der Waals surface area contributed by atoms with E-state index < -0.39 is 0 Å². The fraction of sp³-hybridized carbons (Fsp3) is 0.261. The molecule has 1 aliphatic carbocycles. The molecule has 4 aromatic heterocycles. The van der Waals surface area contributed by atoms with Crippen molar-refractivity contribution in [2.45, 2.75) is 33.1 Å². The van der Waals surface area contributed by atoms with Gasteiger partial charge in [-0.15, -0.1) is 0 Å². The predicted molar refractivity (Wildman–Crippen MR) is 117 cm³/mol. The number of carbonyl (C=O) groups excluding carboxylic acids is 2. The zero-order chi connectivity index (χ0) is 21.5. The highest BCUT2D eigenvalue weighted by Crippen LogP contribution is 2.30. The lowest BCUT2D eigenvalue weighted by atomic mass is 10.0. The van der Waals surface area contributed by atoms with Gasteiger partial charge in [-0.05, 0) is 56.5 Å². The maximum absolute atomic E-state index is 12.6. The summed E-state index contributed by atoms with van der Waals surface area (Å²) in [5, 5.41) is 10.8. The van der Waals surface area contributed by atoms with Crippen LogP contribution in [0, 0.1) is 19.8 Å². The molecule has 0 atom stereocenters. The molecule has 3 N–H and O–H groups in total. The van der Waals surface area contributed by atoms with E-state index in [1.807, 2.05) is 38.1 Å². The molecular formula is C23H22N6O2. The minimum absolute atomic E-state index is 0.0274. The average molecular weight is 414 g/mol. The summed E-state index contributed by atoms with van der Waals surface area (Å²) in [6.45, 7) is 3.79. The van der Waals surface area contributed by atoms with Gasteiger partial charge < -0.3 is 10.3 Å². The minimum atomic E-state index is -0.0380. The third kappa shape index (κ3) is 3.84. The number of ketones is 1. The summed E-state index contributed by atoms with van der Waals surface area (Å²) in [4.78, 5) is 36.7. The standard InChI is InChI=1S/C23H22N6O2/c1-12-13(2)28-29-21(12)19(30)8-14-7-17-9-18(26-22(17)25-11-14)16-5-6-24-20(10-16)27-23(31)15-3-4-15/h5-7,9-11,15H,3-4,8H2,1-2H3,(H,25,26)(H,28,29)(H,24,27,31). The van der Waals surface area contributed by atoms with E-state index in [1.54, 1.807) is 12.4 Å². The molecule has 0 aromatic carbocycles. The molecule has 1 aliphatic rings. The van der Waals surface area contributed by atoms with Crippen molar-refractivity contribution in [1.29, 1.82) is 0 Å². The number of nitrogens with one attached hydrogen (secondary N) is 3. The molecule has 0 saturated heterocycles. The first-order chi connectivity index (χ1) is 15.0. The van der Waals surface area contributed by atoms with Crippen molar-refractivity contribution in [2.75, 3.05) is 5.32 Å². The minimum Gasteiger partial charge on any atom is -0.339 e. The zero-order valence-electron chi connectivity index (χ0n) is 17.3. The Kier molecular flexibility index (Phi) is 4.62. The highest BCUT2D eigenvalue weighted by Gasteiger charge is 2.29. The number of aryl methyl sites for hydroxylation is 1. The summed E-state index contributed by atoms with van der Waals surface area (Å²) in [7, 11) is 0. The molecule has 1 saturated carbocycles. The van der Waals surface area contributed by atoms with Crippen LogP contribution in [0.25, 0.3) is 22.3 Å². The van der Waals surface area contributed by atoms with E-state index in [0.29, 0.717) is 11.5 Å². The lowest BCUT2D eigenvalue weighted by Gasteiger charge is -2.04. The van der Waals surface area contributed by atoms with Crippen LogP contribution in [-0.4, -0.2) is 36.8 Å². The summed E-state index contributed by atoms with van der Waals surface area (Å²) in [6.07, 6.45) is 5.52. The van der Waals surface area contributed by atoms with Crippen LogP contribution in [0.3, 0.4) is 0 Å². The predicted octanol–water partition coefficient (Wildman–Crippen LogP) is 3.74. The molecule has 31 heavy (non-hydrogen) atoms. The van der Waals surface area contributed by atoms with Crippen molar-refractivity contribution in [3.63, 3.8) is 0 Å². The van der Waals surface area contributed by atoms with Gasteiger partial charge in [0, 0.05) is 52.6 Å². The number of hydrogen-bond donors (Lipinski definition) is 3. The SMILES string of the molecule is Cc1[nH]nc(C(=O)Cc2cnc3[nH]c(-c4ccnc(NC(=O)C5CC5)c4)cc3c2)c1C. The maximum Gasteiger partial charge on any atom is 0.228 e. The number of amides is 1. The molecule has 0 spiro atoms. The number of anilines is 1. The molecule has 5 rings (SSSR count). The molecule has 0 unspecified atom stereocenters. The third-order valence-electron chi connectivity index (χ3n) is 5.68. The van der Waals surface area contributed by atoms with E-state index in [2.05, 4.69) is 30.5 Å². The van der Waals surface area contributed by atoms with E-state index in [4.69, 9.17) is 0 Å². The van der Waals surface area contributed by atoms with Gasteiger partial charge in [0.2, 0.25) is 5.91 Å². The Labute approximate surface area is 178 Å². The molecule has 0 radical (unpaired) electrons. The number of hydrogen-bond acceptors (Lipinski definition) is 5. The Morgan fingerprint density at radius 2 is 2.00 bits per heavy atom. The summed E-state index contributed by atoms with van der Waals surface area (Å²) >= 11 is 0. The van der Waals surface area contributed by atoms with Gasteiger partial charge in [0.15, 0.2) is 5.78 Å². The van der Waals surface area contributed by atoms with Crippen molar-refractivity contribution in [3.8, 4) is 11.3 Å². The molecule has 1 fully saturated rings. The van der Waals surface area contributed by atoms with Gasteiger partial charge in [-0.25, -0.2) is 9.97 Å². The van der Waals surface area contributed by atoms with Crippen LogP contribution < -0.4 is 5.32 Å². The Bertz CT molecular complexity index is 1310. The lowest BCUT2D eigenvalue weighted by molar-refractivity contribution is -0.117. The van der Waals surface area contributed by atoms with E-state index in [1.165, 1.54) is 0 Å². The molecule has 8 heteroatoms. The first-order valence-electron chi connectivity index (χ1n) is 10.3. The third-order valence-corrected chi connectivity index (χ3v) is 5.68. The Morgan fingerprint density at radius 1 is 1.16 bits per heavy atom. The number of rotatable bonds is 6. The highest BCUT2D eigenvalue weighted by atomic mass is 16.2. The van der Waals surface area contributed by atoms with E-state index in [-0.39, 0.29) is 24.0 Å². The van der Waals surface area contributed by atoms with Gasteiger partial charge >= 0.3 is 0 Å². The molecule has 156 valence electrons. The Morgan fingerprint density at radius 3 is 2.74 bits per heavy atom. The van der Waals surface area contributed by atoms with Crippen molar-refractivity contribution in [2.24, 2.45) is 5.92 Å². The smallest absolute Gasteiger partial charge is 0.228 e. The molecular weight excluding hydrogens is 392 g/mol. The van der Waals surface area contributed by atoms with Gasteiger partial charge in [-0.1, -0.05) is 0 Å². The number of fused-ring (bicyclic) bond motifs is 1. The van der Waals surface area contributed by atoms with Gasteiger partial charge in [0.25, 0.3) is 0 Å². The monoisotopic (exact) mass is 414 g/mol. The zero-order valence-corrected chi connectivity index (χ0v) is 17.3. The average Bonchev–Trinajstić information content (AvgIpc) is 3.44. The van der Waals surface area contributed by atoms with Crippen LogP contribution >= 0.6 is 0 Å². The maximum atomic E-state index is 12.6. The quantitative estimate of drug-likeness (QED) is 0.416. The molecule has 4 aromatic rings. The fourth-order valence-electron chi connectivity index (χ4n) is 3.58. The summed E-state index contributed by atoms with van der Waals surface area (Å²) < 4.78 is 0. The Balaban J connectivity index is 1.37. The first kappa shape index (κ1) is 19.2. The first-order valence-corrected chi connectivity index (χ1v) is 10.3. The van der Waals surface area contributed by atoms with Gasteiger partial charge in [0.1, 0.15) is 17.2 Å². The van der Waals surface area contributed by atoms with Gasteiger partial charge in [-0.2, -0.15) is 5.10 Å². The van der Waals surface area contributed by atoms with Crippen molar-refractivity contribution in [1.82, 2.24) is 25.1 Å². The number of pyridine rings is 2. The van der Waals surface area contributed by atoms with Crippen molar-refractivity contribution >= 4 is 28.5 Å². The second-order valence-electron chi connectivity index (χ2n) is 8.08.